The van der Waals surface area contributed by atoms with E-state index < -0.39 is 0 Å². The lowest BCUT2D eigenvalue weighted by Gasteiger charge is -2.39. The third kappa shape index (κ3) is 2.80. The Morgan fingerprint density at radius 2 is 1.29 bits per heavy atom. The van der Waals surface area contributed by atoms with Gasteiger partial charge in [-0.3, -0.25) is 4.79 Å². The van der Waals surface area contributed by atoms with Gasteiger partial charge in [-0.15, -0.1) is 0 Å². The van der Waals surface area contributed by atoms with Gasteiger partial charge in [0, 0.05) is 34.1 Å². The van der Waals surface area contributed by atoms with E-state index in [1.54, 1.807) is 0 Å². The molecule has 0 saturated heterocycles. The van der Waals surface area contributed by atoms with Crippen molar-refractivity contribution in [2.45, 2.75) is 19.8 Å². The summed E-state index contributed by atoms with van der Waals surface area (Å²) < 4.78 is 0. The molecule has 3 aromatic carbocycles. The highest BCUT2D eigenvalue weighted by atomic mass is 16.1. The van der Waals surface area contributed by atoms with Gasteiger partial charge in [0.25, 0.3) is 0 Å². The predicted octanol–water partition coefficient (Wildman–Crippen LogP) is 8.57. The summed E-state index contributed by atoms with van der Waals surface area (Å²) in [6.45, 7) is 4.60. The molecule has 0 fully saturated rings. The molecule has 0 radical (unpaired) electrons. The number of benzene rings is 3. The smallest absolute Gasteiger partial charge is 0.194 e. The van der Waals surface area contributed by atoms with Crippen molar-refractivity contribution < 1.29 is 4.79 Å². The van der Waals surface area contributed by atoms with E-state index in [1.807, 2.05) is 24.3 Å². The van der Waals surface area contributed by atoms with E-state index in [0.29, 0.717) is 11.8 Å². The molecule has 2 nitrogen and oxygen atoms in total. The fourth-order valence-corrected chi connectivity index (χ4v) is 6.17. The van der Waals surface area contributed by atoms with E-state index in [2.05, 4.69) is 97.6 Å². The first kappa shape index (κ1) is 20.2. The summed E-state index contributed by atoms with van der Waals surface area (Å²) in [4.78, 5) is 15.8. The zero-order valence-electron chi connectivity index (χ0n) is 19.8. The van der Waals surface area contributed by atoms with E-state index in [1.165, 1.54) is 22.5 Å². The van der Waals surface area contributed by atoms with Crippen LogP contribution in [0.4, 0.5) is 17.1 Å². The van der Waals surface area contributed by atoms with Crippen molar-refractivity contribution >= 4 is 22.8 Å². The number of anilines is 3. The van der Waals surface area contributed by atoms with E-state index >= 15 is 0 Å². The molecule has 0 aromatic heterocycles. The standard InChI is InChI=1S/C33H25NO/c1-20(2)31-25-12-6-8-14-29(25)34(30-15-9-7-13-26(30)31)22-16-17-24-27(19-22)28-18-21-10-4-3-5-11-23(21)32(28)33(24)35/h3-20,31H,1-2H3. The molecule has 1 heterocycles. The summed E-state index contributed by atoms with van der Waals surface area (Å²) in [5.74, 6) is 0.960. The first-order valence-corrected chi connectivity index (χ1v) is 12.3. The number of para-hydroxylation sites is 2. The van der Waals surface area contributed by atoms with Gasteiger partial charge in [0.2, 0.25) is 0 Å². The molecule has 7 rings (SSSR count). The Bertz CT molecular complexity index is 1560. The van der Waals surface area contributed by atoms with Gasteiger partial charge in [0.15, 0.2) is 5.78 Å². The number of hydrogen-bond donors (Lipinski definition) is 0. The number of fused-ring (bicyclic) bond motifs is 7. The zero-order valence-corrected chi connectivity index (χ0v) is 19.8. The number of nitrogens with zero attached hydrogens (tertiary/aromatic N) is 1. The van der Waals surface area contributed by atoms with Crippen molar-refractivity contribution in [2.24, 2.45) is 5.92 Å². The number of hydrogen-bond acceptors (Lipinski definition) is 2. The van der Waals surface area contributed by atoms with Crippen molar-refractivity contribution in [2.75, 3.05) is 4.90 Å². The average molecular weight is 452 g/mol. The number of ketones is 1. The van der Waals surface area contributed by atoms with E-state index in [-0.39, 0.29) is 5.78 Å². The number of rotatable bonds is 2. The van der Waals surface area contributed by atoms with Gasteiger partial charge in [-0.2, -0.15) is 0 Å². The van der Waals surface area contributed by atoms with Crippen LogP contribution in [0.3, 0.4) is 0 Å². The molecule has 2 heteroatoms. The van der Waals surface area contributed by atoms with Crippen LogP contribution in [0.15, 0.2) is 103 Å². The third-order valence-electron chi connectivity index (χ3n) is 7.63. The maximum Gasteiger partial charge on any atom is 0.194 e. The van der Waals surface area contributed by atoms with Gasteiger partial charge >= 0.3 is 0 Å². The Balaban J connectivity index is 1.46. The molecule has 4 aliphatic rings. The van der Waals surface area contributed by atoms with Crippen LogP contribution < -0.4 is 4.90 Å². The highest BCUT2D eigenvalue weighted by molar-refractivity contribution is 6.26. The van der Waals surface area contributed by atoms with Crippen LogP contribution in [0.25, 0.3) is 22.3 Å². The van der Waals surface area contributed by atoms with Gasteiger partial charge in [0.05, 0.1) is 0 Å². The molecule has 3 aromatic rings. The topological polar surface area (TPSA) is 20.3 Å². The molecule has 0 amide bonds. The molecule has 0 unspecified atom stereocenters. The van der Waals surface area contributed by atoms with Crippen molar-refractivity contribution in [3.63, 3.8) is 0 Å². The molecule has 168 valence electrons. The van der Waals surface area contributed by atoms with Crippen LogP contribution in [-0.2, 0) is 0 Å². The van der Waals surface area contributed by atoms with Crippen LogP contribution in [0.5, 0.6) is 0 Å². The second-order valence-corrected chi connectivity index (χ2v) is 9.95. The Morgan fingerprint density at radius 1 is 0.629 bits per heavy atom. The molecule has 1 aliphatic heterocycles. The summed E-state index contributed by atoms with van der Waals surface area (Å²) in [6.07, 6.45) is 0. The highest BCUT2D eigenvalue weighted by Gasteiger charge is 2.35. The molecule has 0 N–H and O–H groups in total. The van der Waals surface area contributed by atoms with Crippen molar-refractivity contribution in [1.82, 2.24) is 0 Å². The largest absolute Gasteiger partial charge is 0.310 e. The van der Waals surface area contributed by atoms with E-state index in [0.717, 1.165) is 39.1 Å². The first-order valence-electron chi connectivity index (χ1n) is 12.3. The van der Waals surface area contributed by atoms with Crippen LogP contribution >= 0.6 is 0 Å². The van der Waals surface area contributed by atoms with Crippen LogP contribution in [-0.4, -0.2) is 5.78 Å². The maximum atomic E-state index is 13.5. The minimum Gasteiger partial charge on any atom is -0.310 e. The SMILES string of the molecule is CC(C)C1c2ccccc2N(c2ccc3c(c2)-c2cc4cccccc-4c2C3=O)c2ccccc21. The molecule has 35 heavy (non-hydrogen) atoms. The summed E-state index contributed by atoms with van der Waals surface area (Å²) in [7, 11) is 0. The minimum atomic E-state index is 0.127. The lowest BCUT2D eigenvalue weighted by molar-refractivity contribution is 0.104. The fourth-order valence-electron chi connectivity index (χ4n) is 6.17. The monoisotopic (exact) mass is 451 g/mol. The Kier molecular flexibility index (Phi) is 4.28. The molecular formula is C33H25NO. The lowest BCUT2D eigenvalue weighted by Crippen LogP contribution is -2.24. The third-order valence-corrected chi connectivity index (χ3v) is 7.63. The van der Waals surface area contributed by atoms with Crippen molar-refractivity contribution in [3.8, 4) is 22.3 Å². The Hall–Kier alpha value is -4.17. The van der Waals surface area contributed by atoms with Crippen molar-refractivity contribution in [3.05, 3.63) is 125 Å². The molecule has 3 aliphatic carbocycles. The second kappa shape index (κ2) is 7.41. The number of carbonyl (C=O) groups excluding carboxylic acids is 1. The zero-order chi connectivity index (χ0) is 23.7. The average Bonchev–Trinajstić information content (AvgIpc) is 3.25. The van der Waals surface area contributed by atoms with Gasteiger partial charge in [0.1, 0.15) is 0 Å². The van der Waals surface area contributed by atoms with Crippen LogP contribution in [0.2, 0.25) is 0 Å². The van der Waals surface area contributed by atoms with E-state index in [4.69, 9.17) is 0 Å². The van der Waals surface area contributed by atoms with Gasteiger partial charge < -0.3 is 4.90 Å². The van der Waals surface area contributed by atoms with Crippen LogP contribution in [0.1, 0.15) is 46.8 Å². The summed E-state index contributed by atoms with van der Waals surface area (Å²) in [5.41, 5.74) is 12.1. The minimum absolute atomic E-state index is 0.127. The molecule has 0 bridgehead atoms. The predicted molar refractivity (Wildman–Crippen MR) is 143 cm³/mol. The Labute approximate surface area is 205 Å². The van der Waals surface area contributed by atoms with Gasteiger partial charge in [-0.05, 0) is 75.7 Å². The highest BCUT2D eigenvalue weighted by Crippen LogP contribution is 2.53. The fraction of sp³-hybridized carbons (Fsp3) is 0.121. The molecule has 0 atom stereocenters. The first-order chi connectivity index (χ1) is 17.1. The molecule has 0 saturated carbocycles. The van der Waals surface area contributed by atoms with Crippen LogP contribution in [0, 0.1) is 5.92 Å². The second-order valence-electron chi connectivity index (χ2n) is 9.95. The summed E-state index contributed by atoms with van der Waals surface area (Å²) in [6, 6.07) is 36.2. The summed E-state index contributed by atoms with van der Waals surface area (Å²) in [5, 5.41) is 0. The number of carbonyl (C=O) groups is 1. The quantitative estimate of drug-likeness (QED) is 0.263. The molecule has 0 spiro atoms. The molecular weight excluding hydrogens is 426 g/mol. The lowest BCUT2D eigenvalue weighted by atomic mass is 9.78. The Morgan fingerprint density at radius 3 is 2.00 bits per heavy atom. The van der Waals surface area contributed by atoms with Gasteiger partial charge in [-0.1, -0.05) is 80.6 Å². The van der Waals surface area contributed by atoms with E-state index in [9.17, 15) is 4.79 Å². The van der Waals surface area contributed by atoms with Gasteiger partial charge in [-0.25, -0.2) is 0 Å². The van der Waals surface area contributed by atoms with Crippen molar-refractivity contribution in [1.29, 1.82) is 0 Å². The normalized spacial score (nSPS) is 14.1. The maximum absolute atomic E-state index is 13.5. The summed E-state index contributed by atoms with van der Waals surface area (Å²) >= 11 is 0.